The fourth-order valence-electron chi connectivity index (χ4n) is 2.03. The average Bonchev–Trinajstić information content (AvgIpc) is 2.78. The molecule has 0 aliphatic rings. The minimum absolute atomic E-state index is 0.0776. The van der Waals surface area contributed by atoms with Gasteiger partial charge in [-0.25, -0.2) is 5.43 Å². The minimum atomic E-state index is -0.0776. The molecule has 17 heavy (non-hydrogen) atoms. The zero-order valence-corrected chi connectivity index (χ0v) is 10.1. The second-order valence-electron chi connectivity index (χ2n) is 3.93. The van der Waals surface area contributed by atoms with Gasteiger partial charge in [-0.1, -0.05) is 36.4 Å². The van der Waals surface area contributed by atoms with E-state index in [-0.39, 0.29) is 6.04 Å². The van der Waals surface area contributed by atoms with Crippen molar-refractivity contribution in [3.8, 4) is 0 Å². The second-order valence-corrected chi connectivity index (χ2v) is 3.93. The molecule has 1 atom stereocenters. The molecule has 0 bridgehead atoms. The van der Waals surface area contributed by atoms with Gasteiger partial charge in [-0.3, -0.25) is 10.5 Å². The van der Waals surface area contributed by atoms with Crippen LogP contribution in [0.3, 0.4) is 0 Å². The van der Waals surface area contributed by atoms with Crippen LogP contribution in [0.15, 0.2) is 30.5 Å². The van der Waals surface area contributed by atoms with Crippen LogP contribution in [0.25, 0.3) is 0 Å². The Morgan fingerprint density at radius 2 is 2.18 bits per heavy atom. The maximum atomic E-state index is 5.67. The smallest absolute Gasteiger partial charge is 0.0897 e. The molecule has 1 aromatic heterocycles. The predicted octanol–water partition coefficient (Wildman–Crippen LogP) is 0.930. The van der Waals surface area contributed by atoms with Crippen molar-refractivity contribution in [1.29, 1.82) is 0 Å². The standard InChI is InChI=1S/C12H17N5/c1-3-9-6-4-5-7-10(9)12(15-13)11-8-14-16-17(11)2/h4-8,12,15H,3,13H2,1-2H3. The van der Waals surface area contributed by atoms with Gasteiger partial charge in [-0.15, -0.1) is 5.10 Å². The summed E-state index contributed by atoms with van der Waals surface area (Å²) in [5.74, 6) is 5.67. The highest BCUT2D eigenvalue weighted by Gasteiger charge is 2.18. The topological polar surface area (TPSA) is 68.8 Å². The number of hydrazine groups is 1. The quantitative estimate of drug-likeness (QED) is 0.606. The van der Waals surface area contributed by atoms with Crippen molar-refractivity contribution in [3.05, 3.63) is 47.3 Å². The zero-order valence-electron chi connectivity index (χ0n) is 10.1. The van der Waals surface area contributed by atoms with Crippen LogP contribution < -0.4 is 11.3 Å². The summed E-state index contributed by atoms with van der Waals surface area (Å²) in [6.07, 6.45) is 2.70. The van der Waals surface area contributed by atoms with Gasteiger partial charge in [0.2, 0.25) is 0 Å². The molecule has 2 aromatic rings. The van der Waals surface area contributed by atoms with Gasteiger partial charge in [0, 0.05) is 7.05 Å². The van der Waals surface area contributed by atoms with E-state index in [1.165, 1.54) is 11.1 Å². The Bertz CT molecular complexity index is 491. The molecule has 5 heteroatoms. The van der Waals surface area contributed by atoms with Crippen LogP contribution in [0.4, 0.5) is 0 Å². The third-order valence-electron chi connectivity index (χ3n) is 2.96. The molecule has 2 rings (SSSR count). The number of aromatic nitrogens is 3. The first kappa shape index (κ1) is 11.8. The van der Waals surface area contributed by atoms with E-state index in [4.69, 9.17) is 5.84 Å². The van der Waals surface area contributed by atoms with Crippen LogP contribution in [0.5, 0.6) is 0 Å². The summed E-state index contributed by atoms with van der Waals surface area (Å²) in [4.78, 5) is 0. The van der Waals surface area contributed by atoms with Crippen LogP contribution in [-0.4, -0.2) is 15.0 Å². The van der Waals surface area contributed by atoms with Gasteiger partial charge in [0.15, 0.2) is 0 Å². The molecule has 0 fully saturated rings. The highest BCUT2D eigenvalue weighted by Crippen LogP contribution is 2.23. The van der Waals surface area contributed by atoms with Crippen LogP contribution in [0.2, 0.25) is 0 Å². The van der Waals surface area contributed by atoms with Crippen LogP contribution >= 0.6 is 0 Å². The highest BCUT2D eigenvalue weighted by molar-refractivity contribution is 5.34. The molecule has 0 saturated heterocycles. The number of nitrogens with zero attached hydrogens (tertiary/aromatic N) is 3. The predicted molar refractivity (Wildman–Crippen MR) is 66.0 cm³/mol. The molecule has 0 amide bonds. The average molecular weight is 231 g/mol. The van der Waals surface area contributed by atoms with Crippen molar-refractivity contribution in [2.45, 2.75) is 19.4 Å². The van der Waals surface area contributed by atoms with Gasteiger partial charge < -0.3 is 0 Å². The summed E-state index contributed by atoms with van der Waals surface area (Å²) in [5, 5.41) is 7.83. The van der Waals surface area contributed by atoms with Gasteiger partial charge in [0.05, 0.1) is 17.9 Å². The lowest BCUT2D eigenvalue weighted by Gasteiger charge is -2.18. The normalized spacial score (nSPS) is 12.6. The Hall–Kier alpha value is -1.72. The first-order valence-electron chi connectivity index (χ1n) is 5.66. The van der Waals surface area contributed by atoms with E-state index in [9.17, 15) is 0 Å². The zero-order chi connectivity index (χ0) is 12.3. The van der Waals surface area contributed by atoms with E-state index in [1.54, 1.807) is 10.9 Å². The number of hydrogen-bond donors (Lipinski definition) is 2. The number of hydrogen-bond acceptors (Lipinski definition) is 4. The number of aryl methyl sites for hydroxylation is 2. The van der Waals surface area contributed by atoms with Gasteiger partial charge in [-0.05, 0) is 17.5 Å². The van der Waals surface area contributed by atoms with E-state index >= 15 is 0 Å². The number of benzene rings is 1. The molecule has 0 aliphatic heterocycles. The third-order valence-corrected chi connectivity index (χ3v) is 2.96. The molecule has 5 nitrogen and oxygen atoms in total. The largest absolute Gasteiger partial charge is 0.271 e. The first-order valence-corrected chi connectivity index (χ1v) is 5.66. The Balaban J connectivity index is 2.46. The van der Waals surface area contributed by atoms with Gasteiger partial charge in [0.25, 0.3) is 0 Å². The number of rotatable bonds is 4. The Morgan fingerprint density at radius 1 is 1.41 bits per heavy atom. The molecule has 0 saturated carbocycles. The molecular weight excluding hydrogens is 214 g/mol. The lowest BCUT2D eigenvalue weighted by Crippen LogP contribution is -2.31. The summed E-state index contributed by atoms with van der Waals surface area (Å²) in [6, 6.07) is 8.17. The Labute approximate surface area is 101 Å². The Kier molecular flexibility index (Phi) is 3.51. The van der Waals surface area contributed by atoms with Gasteiger partial charge in [-0.2, -0.15) is 0 Å². The van der Waals surface area contributed by atoms with Crippen molar-refractivity contribution >= 4 is 0 Å². The van der Waals surface area contributed by atoms with Crippen LogP contribution in [-0.2, 0) is 13.5 Å². The van der Waals surface area contributed by atoms with Crippen molar-refractivity contribution in [1.82, 2.24) is 20.4 Å². The maximum absolute atomic E-state index is 5.67. The van der Waals surface area contributed by atoms with E-state index in [2.05, 4.69) is 34.8 Å². The van der Waals surface area contributed by atoms with Crippen molar-refractivity contribution < 1.29 is 0 Å². The van der Waals surface area contributed by atoms with E-state index in [0.717, 1.165) is 12.1 Å². The van der Waals surface area contributed by atoms with Crippen molar-refractivity contribution in [2.24, 2.45) is 12.9 Å². The fourth-order valence-corrected chi connectivity index (χ4v) is 2.03. The fraction of sp³-hybridized carbons (Fsp3) is 0.333. The molecule has 0 spiro atoms. The summed E-state index contributed by atoms with van der Waals surface area (Å²) in [5.41, 5.74) is 6.23. The van der Waals surface area contributed by atoms with Crippen LogP contribution in [0.1, 0.15) is 29.8 Å². The highest BCUT2D eigenvalue weighted by atomic mass is 15.4. The maximum Gasteiger partial charge on any atom is 0.0897 e. The summed E-state index contributed by atoms with van der Waals surface area (Å²) >= 11 is 0. The SMILES string of the molecule is CCc1ccccc1C(NN)c1cnnn1C. The summed E-state index contributed by atoms with van der Waals surface area (Å²) < 4.78 is 1.73. The van der Waals surface area contributed by atoms with Crippen molar-refractivity contribution in [2.75, 3.05) is 0 Å². The second kappa shape index (κ2) is 5.07. The van der Waals surface area contributed by atoms with E-state index in [0.29, 0.717) is 0 Å². The lowest BCUT2D eigenvalue weighted by molar-refractivity contribution is 0.567. The molecule has 3 N–H and O–H groups in total. The molecule has 1 aromatic carbocycles. The first-order chi connectivity index (χ1) is 8.27. The number of nitrogens with one attached hydrogen (secondary N) is 1. The van der Waals surface area contributed by atoms with E-state index < -0.39 is 0 Å². The third kappa shape index (κ3) is 2.20. The lowest BCUT2D eigenvalue weighted by atomic mass is 9.97. The summed E-state index contributed by atoms with van der Waals surface area (Å²) in [6.45, 7) is 2.13. The monoisotopic (exact) mass is 231 g/mol. The van der Waals surface area contributed by atoms with Gasteiger partial charge in [0.1, 0.15) is 0 Å². The van der Waals surface area contributed by atoms with E-state index in [1.807, 2.05) is 19.2 Å². The minimum Gasteiger partial charge on any atom is -0.271 e. The molecule has 0 aliphatic carbocycles. The van der Waals surface area contributed by atoms with Crippen LogP contribution in [0, 0.1) is 0 Å². The molecule has 90 valence electrons. The molecular formula is C12H17N5. The Morgan fingerprint density at radius 3 is 2.76 bits per heavy atom. The van der Waals surface area contributed by atoms with Gasteiger partial charge >= 0.3 is 0 Å². The molecule has 1 heterocycles. The summed E-state index contributed by atoms with van der Waals surface area (Å²) in [7, 11) is 1.86. The molecule has 1 unspecified atom stereocenters. The number of nitrogens with two attached hydrogens (primary N) is 1. The molecule has 0 radical (unpaired) electrons. The van der Waals surface area contributed by atoms with Crippen molar-refractivity contribution in [3.63, 3.8) is 0 Å².